The molecule has 0 aromatic heterocycles. The van der Waals surface area contributed by atoms with Crippen LogP contribution in [0, 0.1) is 13.8 Å². The Bertz CT molecular complexity index is 526. The lowest BCUT2D eigenvalue weighted by atomic mass is 9.95. The first-order chi connectivity index (χ1) is 8.59. The zero-order valence-corrected chi connectivity index (χ0v) is 11.2. The van der Waals surface area contributed by atoms with Gasteiger partial charge in [-0.3, -0.25) is 0 Å². The average Bonchev–Trinajstić information content (AvgIpc) is 3.09. The van der Waals surface area contributed by atoms with Crippen molar-refractivity contribution in [1.29, 1.82) is 0 Å². The van der Waals surface area contributed by atoms with Crippen LogP contribution in [0.4, 0.5) is 0 Å². The summed E-state index contributed by atoms with van der Waals surface area (Å²) in [6, 6.07) is 2.04. The lowest BCUT2D eigenvalue weighted by Crippen LogP contribution is -2.10. The van der Waals surface area contributed by atoms with Gasteiger partial charge in [0.2, 0.25) is 6.08 Å². The van der Waals surface area contributed by atoms with E-state index in [2.05, 4.69) is 4.99 Å². The Kier molecular flexibility index (Phi) is 3.14. The smallest absolute Gasteiger partial charge is 0.235 e. The van der Waals surface area contributed by atoms with Gasteiger partial charge in [0.05, 0.1) is 14.2 Å². The first-order valence-electron chi connectivity index (χ1n) is 5.91. The second-order valence-corrected chi connectivity index (χ2v) is 4.69. The van der Waals surface area contributed by atoms with Crippen molar-refractivity contribution in [3.05, 3.63) is 22.8 Å². The van der Waals surface area contributed by atoms with Crippen LogP contribution in [0.3, 0.4) is 0 Å². The summed E-state index contributed by atoms with van der Waals surface area (Å²) >= 11 is 0. The highest BCUT2D eigenvalue weighted by Gasteiger charge is 2.48. The Morgan fingerprint density at radius 2 is 1.78 bits per heavy atom. The molecule has 1 fully saturated rings. The second-order valence-electron chi connectivity index (χ2n) is 4.69. The van der Waals surface area contributed by atoms with Crippen LogP contribution in [-0.2, 0) is 10.3 Å². The molecule has 0 radical (unpaired) electrons. The van der Waals surface area contributed by atoms with E-state index in [4.69, 9.17) is 9.47 Å². The van der Waals surface area contributed by atoms with Gasteiger partial charge < -0.3 is 9.47 Å². The molecular formula is C14H17NO3. The summed E-state index contributed by atoms with van der Waals surface area (Å²) in [6.07, 6.45) is 3.38. The van der Waals surface area contributed by atoms with Gasteiger partial charge >= 0.3 is 0 Å². The first kappa shape index (κ1) is 12.7. The van der Waals surface area contributed by atoms with E-state index >= 15 is 0 Å². The van der Waals surface area contributed by atoms with Crippen LogP contribution in [0.1, 0.15) is 29.5 Å². The van der Waals surface area contributed by atoms with Crippen LogP contribution in [0.25, 0.3) is 0 Å². The predicted octanol–water partition coefficient (Wildman–Crippen LogP) is 2.65. The summed E-state index contributed by atoms with van der Waals surface area (Å²) in [6.45, 7) is 3.98. The maximum absolute atomic E-state index is 10.6. The average molecular weight is 247 g/mol. The summed E-state index contributed by atoms with van der Waals surface area (Å²) in [4.78, 5) is 14.6. The number of isocyanates is 1. The molecule has 0 N–H and O–H groups in total. The summed E-state index contributed by atoms with van der Waals surface area (Å²) in [5.41, 5.74) is 2.59. The van der Waals surface area contributed by atoms with Crippen LogP contribution in [0.2, 0.25) is 0 Å². The molecule has 18 heavy (non-hydrogen) atoms. The van der Waals surface area contributed by atoms with E-state index in [0.717, 1.165) is 29.5 Å². The minimum atomic E-state index is -0.446. The topological polar surface area (TPSA) is 47.9 Å². The Labute approximate surface area is 107 Å². The quantitative estimate of drug-likeness (QED) is 0.607. The first-order valence-corrected chi connectivity index (χ1v) is 5.91. The van der Waals surface area contributed by atoms with Gasteiger partial charge in [-0.15, -0.1) is 0 Å². The van der Waals surface area contributed by atoms with Crippen LogP contribution < -0.4 is 9.47 Å². The molecule has 4 heteroatoms. The van der Waals surface area contributed by atoms with Gasteiger partial charge in [0, 0.05) is 5.56 Å². The van der Waals surface area contributed by atoms with Crippen LogP contribution in [-0.4, -0.2) is 20.3 Å². The van der Waals surface area contributed by atoms with E-state index < -0.39 is 5.54 Å². The number of ether oxygens (including phenoxy) is 2. The molecule has 96 valence electrons. The zero-order chi connectivity index (χ0) is 13.3. The third kappa shape index (κ3) is 1.79. The maximum atomic E-state index is 10.6. The molecule has 1 aliphatic rings. The molecule has 1 saturated carbocycles. The number of carbonyl (C=O) groups excluding carboxylic acids is 1. The minimum Gasteiger partial charge on any atom is -0.493 e. The SMILES string of the molecule is COc1c(C)cc(C)c(C2(N=C=O)CC2)c1OC. The van der Waals surface area contributed by atoms with E-state index in [1.165, 1.54) is 0 Å². The van der Waals surface area contributed by atoms with Crippen molar-refractivity contribution in [2.24, 2.45) is 4.99 Å². The van der Waals surface area contributed by atoms with E-state index in [1.807, 2.05) is 19.9 Å². The monoisotopic (exact) mass is 247 g/mol. The summed E-state index contributed by atoms with van der Waals surface area (Å²) < 4.78 is 10.9. The number of aliphatic imine (C=N–C) groups is 1. The maximum Gasteiger partial charge on any atom is 0.235 e. The van der Waals surface area contributed by atoms with Gasteiger partial charge in [-0.2, -0.15) is 4.99 Å². The lowest BCUT2D eigenvalue weighted by molar-refractivity contribution is 0.346. The Hall–Kier alpha value is -1.80. The number of aryl methyl sites for hydroxylation is 2. The number of nitrogens with zero attached hydrogens (tertiary/aromatic N) is 1. The Morgan fingerprint density at radius 3 is 2.22 bits per heavy atom. The molecule has 1 aliphatic carbocycles. The third-order valence-corrected chi connectivity index (χ3v) is 3.48. The third-order valence-electron chi connectivity index (χ3n) is 3.48. The number of benzene rings is 1. The van der Waals surface area contributed by atoms with Crippen LogP contribution in [0.5, 0.6) is 11.5 Å². The van der Waals surface area contributed by atoms with Crippen molar-refractivity contribution in [3.63, 3.8) is 0 Å². The fraction of sp³-hybridized carbons (Fsp3) is 0.500. The van der Waals surface area contributed by atoms with Gasteiger partial charge in [-0.25, -0.2) is 4.79 Å². The molecule has 0 aliphatic heterocycles. The molecule has 0 atom stereocenters. The van der Waals surface area contributed by atoms with Gasteiger partial charge in [0.25, 0.3) is 0 Å². The minimum absolute atomic E-state index is 0.446. The highest BCUT2D eigenvalue weighted by atomic mass is 16.5. The standard InChI is InChI=1S/C14H17NO3/c1-9-7-10(2)12(17-3)13(18-4)11(9)14(5-6-14)15-8-16/h7H,5-6H2,1-4H3. The molecule has 1 aromatic rings. The Balaban J connectivity index is 2.70. The summed E-state index contributed by atoms with van der Waals surface area (Å²) in [5, 5.41) is 0. The molecule has 4 nitrogen and oxygen atoms in total. The van der Waals surface area contributed by atoms with Crippen molar-refractivity contribution in [1.82, 2.24) is 0 Å². The van der Waals surface area contributed by atoms with Gasteiger partial charge in [0.1, 0.15) is 5.54 Å². The Morgan fingerprint density at radius 1 is 1.17 bits per heavy atom. The molecule has 0 bridgehead atoms. The van der Waals surface area contributed by atoms with Gasteiger partial charge in [0.15, 0.2) is 11.5 Å². The van der Waals surface area contributed by atoms with E-state index in [0.29, 0.717) is 11.5 Å². The molecule has 0 heterocycles. The van der Waals surface area contributed by atoms with Crippen LogP contribution in [0.15, 0.2) is 11.1 Å². The molecular weight excluding hydrogens is 230 g/mol. The number of methoxy groups -OCH3 is 2. The van der Waals surface area contributed by atoms with E-state index in [1.54, 1.807) is 20.3 Å². The fourth-order valence-corrected chi connectivity index (χ4v) is 2.58. The lowest BCUT2D eigenvalue weighted by Gasteiger charge is -2.20. The second kappa shape index (κ2) is 4.46. The number of hydrogen-bond acceptors (Lipinski definition) is 4. The molecule has 2 rings (SSSR count). The van der Waals surface area contributed by atoms with Gasteiger partial charge in [-0.1, -0.05) is 6.07 Å². The fourth-order valence-electron chi connectivity index (χ4n) is 2.58. The zero-order valence-electron chi connectivity index (χ0n) is 11.2. The molecule has 0 amide bonds. The number of hydrogen-bond donors (Lipinski definition) is 0. The molecule has 1 aromatic carbocycles. The number of rotatable bonds is 4. The molecule has 0 unspecified atom stereocenters. The molecule has 0 spiro atoms. The van der Waals surface area contributed by atoms with Crippen molar-refractivity contribution < 1.29 is 14.3 Å². The predicted molar refractivity (Wildman–Crippen MR) is 68.1 cm³/mol. The normalized spacial score (nSPS) is 15.8. The highest BCUT2D eigenvalue weighted by molar-refractivity contribution is 5.60. The van der Waals surface area contributed by atoms with Crippen molar-refractivity contribution in [2.45, 2.75) is 32.2 Å². The summed E-state index contributed by atoms with van der Waals surface area (Å²) in [5.74, 6) is 1.40. The van der Waals surface area contributed by atoms with Crippen molar-refractivity contribution in [3.8, 4) is 11.5 Å². The van der Waals surface area contributed by atoms with Crippen molar-refractivity contribution in [2.75, 3.05) is 14.2 Å². The largest absolute Gasteiger partial charge is 0.493 e. The van der Waals surface area contributed by atoms with E-state index in [-0.39, 0.29) is 0 Å². The van der Waals surface area contributed by atoms with E-state index in [9.17, 15) is 4.79 Å². The van der Waals surface area contributed by atoms with Crippen molar-refractivity contribution >= 4 is 6.08 Å². The highest BCUT2D eigenvalue weighted by Crippen LogP contribution is 2.55. The van der Waals surface area contributed by atoms with Crippen LogP contribution >= 0.6 is 0 Å². The summed E-state index contributed by atoms with van der Waals surface area (Å²) in [7, 11) is 3.23. The molecule has 0 saturated heterocycles. The van der Waals surface area contributed by atoms with Gasteiger partial charge in [-0.05, 0) is 37.8 Å².